The Kier molecular flexibility index (Phi) is 5.40. The van der Waals surface area contributed by atoms with Crippen molar-refractivity contribution in [2.75, 3.05) is 0 Å². The number of piperidine rings is 1. The van der Waals surface area contributed by atoms with E-state index in [0.717, 1.165) is 0 Å². The zero-order valence-electron chi connectivity index (χ0n) is 15.2. The molecule has 0 aromatic heterocycles. The van der Waals surface area contributed by atoms with E-state index in [9.17, 15) is 29.7 Å². The second-order valence-electron chi connectivity index (χ2n) is 7.14. The molecule has 24 heavy (non-hydrogen) atoms. The Morgan fingerprint density at radius 3 is 1.38 bits per heavy atom. The molecule has 0 aromatic carbocycles. The van der Waals surface area contributed by atoms with Crippen LogP contribution in [0.3, 0.4) is 0 Å². The Bertz CT molecular complexity index is 511. The lowest BCUT2D eigenvalue weighted by molar-refractivity contribution is -0.229. The molecule has 0 amide bonds. The predicted octanol–water partition coefficient (Wildman–Crippen LogP) is 2.06. The van der Waals surface area contributed by atoms with Crippen LogP contribution in [0.1, 0.15) is 54.4 Å². The van der Waals surface area contributed by atoms with E-state index in [4.69, 9.17) is 0 Å². The highest BCUT2D eigenvalue weighted by Gasteiger charge is 2.78. The van der Waals surface area contributed by atoms with E-state index in [1.165, 1.54) is 0 Å². The molecule has 0 radical (unpaired) electrons. The quantitative estimate of drug-likeness (QED) is 0.582. The first-order valence-electron chi connectivity index (χ1n) is 8.41. The molecule has 0 spiro atoms. The molecule has 4 unspecified atom stereocenters. The molecule has 1 aliphatic rings. The highest BCUT2D eigenvalue weighted by Crippen LogP contribution is 2.65. The maximum atomic E-state index is 12.6. The van der Waals surface area contributed by atoms with E-state index >= 15 is 0 Å². The van der Waals surface area contributed by atoms with Gasteiger partial charge in [0.25, 0.3) is 0 Å². The van der Waals surface area contributed by atoms with Crippen LogP contribution in [0.25, 0.3) is 0 Å². The molecule has 7 nitrogen and oxygen atoms in total. The summed E-state index contributed by atoms with van der Waals surface area (Å²) in [6, 6.07) is -1.37. The van der Waals surface area contributed by atoms with Gasteiger partial charge in [0.2, 0.25) is 0 Å². The van der Waals surface area contributed by atoms with Crippen molar-refractivity contribution in [3.8, 4) is 0 Å². The second-order valence-corrected chi connectivity index (χ2v) is 7.14. The van der Waals surface area contributed by atoms with Gasteiger partial charge < -0.3 is 20.6 Å². The molecule has 1 saturated heterocycles. The number of rotatable bonds is 6. The zero-order chi connectivity index (χ0) is 19.1. The van der Waals surface area contributed by atoms with Gasteiger partial charge in [0, 0.05) is 12.1 Å². The lowest BCUT2D eigenvalue weighted by Crippen LogP contribution is -2.79. The first kappa shape index (κ1) is 20.4. The van der Waals surface area contributed by atoms with Gasteiger partial charge in [0.1, 0.15) is 16.2 Å². The van der Waals surface area contributed by atoms with Crippen LogP contribution < -0.4 is 5.32 Å². The molecule has 0 bridgehead atoms. The molecule has 1 fully saturated rings. The molecule has 0 aromatic rings. The molecule has 1 aliphatic heterocycles. The van der Waals surface area contributed by atoms with Gasteiger partial charge in [-0.2, -0.15) is 0 Å². The molecule has 1 heterocycles. The van der Waals surface area contributed by atoms with E-state index < -0.39 is 52.2 Å². The fourth-order valence-electron chi connectivity index (χ4n) is 5.58. The van der Waals surface area contributed by atoms with Gasteiger partial charge in [-0.05, 0) is 32.6 Å². The first-order chi connectivity index (χ1) is 10.9. The van der Waals surface area contributed by atoms with Gasteiger partial charge in [0.15, 0.2) is 0 Å². The zero-order valence-corrected chi connectivity index (χ0v) is 15.2. The maximum Gasteiger partial charge on any atom is 0.312 e. The standard InChI is InChI=1S/C17H29NO6/c1-7-15(12(19)20)10(5)18-11(6)16(8-2,13(21)22)17(15,9(3)4)14(23)24/h9-11,18H,7-8H2,1-6H3,(H,19,20)(H,21,22)(H,23,24). The van der Waals surface area contributed by atoms with Gasteiger partial charge >= 0.3 is 17.9 Å². The monoisotopic (exact) mass is 343 g/mol. The fraction of sp³-hybridized carbons (Fsp3) is 0.824. The summed E-state index contributed by atoms with van der Waals surface area (Å²) >= 11 is 0. The average molecular weight is 343 g/mol. The highest BCUT2D eigenvalue weighted by molar-refractivity contribution is 5.95. The molecule has 1 rings (SSSR count). The number of hydrogen-bond donors (Lipinski definition) is 4. The van der Waals surface area contributed by atoms with Crippen molar-refractivity contribution < 1.29 is 29.7 Å². The van der Waals surface area contributed by atoms with Crippen LogP contribution >= 0.6 is 0 Å². The van der Waals surface area contributed by atoms with Crippen molar-refractivity contribution in [2.45, 2.75) is 66.5 Å². The third kappa shape index (κ3) is 1.96. The van der Waals surface area contributed by atoms with E-state index in [1.54, 1.807) is 41.5 Å². The summed E-state index contributed by atoms with van der Waals surface area (Å²) in [5.74, 6) is -4.58. The smallest absolute Gasteiger partial charge is 0.312 e. The lowest BCUT2D eigenvalue weighted by atomic mass is 9.39. The van der Waals surface area contributed by atoms with Crippen molar-refractivity contribution in [1.29, 1.82) is 0 Å². The summed E-state index contributed by atoms with van der Waals surface area (Å²) in [5.41, 5.74) is -5.44. The Balaban J connectivity index is 4.14. The normalized spacial score (nSPS) is 39.6. The van der Waals surface area contributed by atoms with Crippen LogP contribution in [0.5, 0.6) is 0 Å². The van der Waals surface area contributed by atoms with Crippen LogP contribution in [0.4, 0.5) is 0 Å². The minimum absolute atomic E-state index is 0.0166. The molecule has 4 atom stereocenters. The summed E-state index contributed by atoms with van der Waals surface area (Å²) in [5, 5.41) is 33.5. The number of aliphatic carboxylic acids is 3. The van der Waals surface area contributed by atoms with E-state index in [-0.39, 0.29) is 12.8 Å². The Labute approximate surface area is 142 Å². The molecule has 0 aliphatic carbocycles. The van der Waals surface area contributed by atoms with Crippen molar-refractivity contribution in [3.63, 3.8) is 0 Å². The largest absolute Gasteiger partial charge is 0.481 e. The van der Waals surface area contributed by atoms with E-state index in [1.807, 2.05) is 0 Å². The van der Waals surface area contributed by atoms with Crippen LogP contribution in [-0.4, -0.2) is 45.3 Å². The minimum atomic E-state index is -1.95. The van der Waals surface area contributed by atoms with Gasteiger partial charge in [-0.25, -0.2) is 0 Å². The van der Waals surface area contributed by atoms with E-state index in [0.29, 0.717) is 0 Å². The molecular weight excluding hydrogens is 314 g/mol. The molecular formula is C17H29NO6. The lowest BCUT2D eigenvalue weighted by Gasteiger charge is -2.64. The van der Waals surface area contributed by atoms with Crippen molar-refractivity contribution >= 4 is 17.9 Å². The SMILES string of the molecule is CCC1(C(=O)O)C(C)NC(C)C(CC)(C(=O)O)C1(C(=O)O)C(C)C. The molecule has 7 heteroatoms. The second kappa shape index (κ2) is 6.35. The van der Waals surface area contributed by atoms with Crippen LogP contribution in [0.2, 0.25) is 0 Å². The molecule has 4 N–H and O–H groups in total. The molecule has 0 saturated carbocycles. The summed E-state index contributed by atoms with van der Waals surface area (Å²) in [7, 11) is 0. The maximum absolute atomic E-state index is 12.6. The topological polar surface area (TPSA) is 124 Å². The average Bonchev–Trinajstić information content (AvgIpc) is 2.45. The van der Waals surface area contributed by atoms with Crippen LogP contribution in [-0.2, 0) is 14.4 Å². The Hall–Kier alpha value is -1.63. The van der Waals surface area contributed by atoms with Crippen molar-refractivity contribution in [1.82, 2.24) is 5.32 Å². The summed E-state index contributed by atoms with van der Waals surface area (Å²) in [6.07, 6.45) is 0.0332. The highest BCUT2D eigenvalue weighted by atomic mass is 16.4. The molecule has 138 valence electrons. The van der Waals surface area contributed by atoms with Crippen molar-refractivity contribution in [3.05, 3.63) is 0 Å². The van der Waals surface area contributed by atoms with Gasteiger partial charge in [-0.1, -0.05) is 27.7 Å². The number of carboxylic acids is 3. The van der Waals surface area contributed by atoms with Gasteiger partial charge in [0.05, 0.1) is 0 Å². The van der Waals surface area contributed by atoms with Crippen molar-refractivity contribution in [2.24, 2.45) is 22.2 Å². The van der Waals surface area contributed by atoms with Gasteiger partial charge in [-0.15, -0.1) is 0 Å². The van der Waals surface area contributed by atoms with Crippen LogP contribution in [0.15, 0.2) is 0 Å². The number of nitrogens with one attached hydrogen (secondary N) is 1. The Morgan fingerprint density at radius 2 is 1.21 bits per heavy atom. The predicted molar refractivity (Wildman–Crippen MR) is 87.7 cm³/mol. The Morgan fingerprint density at radius 1 is 0.875 bits per heavy atom. The fourth-order valence-corrected chi connectivity index (χ4v) is 5.58. The third-order valence-electron chi connectivity index (χ3n) is 6.47. The van der Waals surface area contributed by atoms with E-state index in [2.05, 4.69) is 5.32 Å². The van der Waals surface area contributed by atoms with Gasteiger partial charge in [-0.3, -0.25) is 14.4 Å². The summed E-state index contributed by atoms with van der Waals surface area (Å²) in [6.45, 7) is 9.72. The summed E-state index contributed by atoms with van der Waals surface area (Å²) in [4.78, 5) is 37.4. The number of carbonyl (C=O) groups is 3. The number of hydrogen-bond acceptors (Lipinski definition) is 4. The summed E-state index contributed by atoms with van der Waals surface area (Å²) < 4.78 is 0. The first-order valence-corrected chi connectivity index (χ1v) is 8.41. The third-order valence-corrected chi connectivity index (χ3v) is 6.47. The minimum Gasteiger partial charge on any atom is -0.481 e. The number of carboxylic acid groups (broad SMARTS) is 3. The van der Waals surface area contributed by atoms with Crippen LogP contribution in [0, 0.1) is 22.2 Å².